The number of hydrogen-bond acceptors (Lipinski definition) is 8. The number of halogens is 1. The standard InChI is InChI=1S/C27H20BFN6O3/c1-6-17-23(36)24(37-5)21(25(28)34-17)22-20(19-14(3)31-12-32-26(19)35(22)4)15-7-8-18(16(29)11-15)38-27-30-10-9-13(2)33-27/h1,7-12,36H,2-5H3. The minimum absolute atomic E-state index is 0.0161. The van der Waals surface area contributed by atoms with Crippen molar-refractivity contribution in [1.29, 1.82) is 0 Å². The highest BCUT2D eigenvalue weighted by Crippen LogP contribution is 2.46. The van der Waals surface area contributed by atoms with Crippen molar-refractivity contribution in [3.63, 3.8) is 0 Å². The topological polar surface area (TPSA) is 108 Å². The van der Waals surface area contributed by atoms with Crippen LogP contribution in [0.1, 0.15) is 17.1 Å². The number of ether oxygens (including phenoxy) is 2. The molecule has 5 aromatic rings. The van der Waals surface area contributed by atoms with Crippen LogP contribution < -0.4 is 15.1 Å². The third-order valence-electron chi connectivity index (χ3n) is 6.08. The van der Waals surface area contributed by atoms with Gasteiger partial charge in [0.05, 0.1) is 24.1 Å². The van der Waals surface area contributed by atoms with Gasteiger partial charge < -0.3 is 19.1 Å². The third-order valence-corrected chi connectivity index (χ3v) is 6.08. The van der Waals surface area contributed by atoms with Gasteiger partial charge in [0.1, 0.15) is 19.8 Å². The first kappa shape index (κ1) is 24.7. The minimum atomic E-state index is -0.645. The average Bonchev–Trinajstić information content (AvgIpc) is 3.19. The summed E-state index contributed by atoms with van der Waals surface area (Å²) >= 11 is 0. The van der Waals surface area contributed by atoms with Crippen molar-refractivity contribution in [3.8, 4) is 58.0 Å². The summed E-state index contributed by atoms with van der Waals surface area (Å²) in [7, 11) is 9.49. The van der Waals surface area contributed by atoms with Gasteiger partial charge in [-0.3, -0.25) is 4.98 Å². The monoisotopic (exact) mass is 506 g/mol. The number of aryl methyl sites for hydroxylation is 3. The van der Waals surface area contributed by atoms with E-state index in [4.69, 9.17) is 23.7 Å². The van der Waals surface area contributed by atoms with Crippen LogP contribution in [0.15, 0.2) is 36.8 Å². The lowest BCUT2D eigenvalue weighted by molar-refractivity contribution is 0.373. The second-order valence-corrected chi connectivity index (χ2v) is 8.42. The molecule has 38 heavy (non-hydrogen) atoms. The lowest BCUT2D eigenvalue weighted by Gasteiger charge is -2.17. The Morgan fingerprint density at radius 1 is 1.11 bits per heavy atom. The summed E-state index contributed by atoms with van der Waals surface area (Å²) in [6.07, 6.45) is 8.45. The van der Waals surface area contributed by atoms with E-state index in [9.17, 15) is 5.11 Å². The first-order valence-corrected chi connectivity index (χ1v) is 11.4. The van der Waals surface area contributed by atoms with Crippen LogP contribution in [0.3, 0.4) is 0 Å². The van der Waals surface area contributed by atoms with Gasteiger partial charge in [-0.2, -0.15) is 0 Å². The van der Waals surface area contributed by atoms with Gasteiger partial charge in [-0.05, 0) is 43.5 Å². The number of hydrogen-bond donors (Lipinski definition) is 1. The summed E-state index contributed by atoms with van der Waals surface area (Å²) in [5, 5.41) is 11.4. The highest BCUT2D eigenvalue weighted by molar-refractivity contribution is 6.35. The molecule has 4 aromatic heterocycles. The van der Waals surface area contributed by atoms with E-state index in [1.165, 1.54) is 31.8 Å². The molecule has 0 aliphatic heterocycles. The minimum Gasteiger partial charge on any atom is -0.502 e. The first-order valence-electron chi connectivity index (χ1n) is 11.4. The molecule has 5 rings (SSSR count). The van der Waals surface area contributed by atoms with Gasteiger partial charge in [0.15, 0.2) is 28.8 Å². The second-order valence-electron chi connectivity index (χ2n) is 8.42. The lowest BCUT2D eigenvalue weighted by atomic mass is 9.89. The van der Waals surface area contributed by atoms with Crippen molar-refractivity contribution in [3.05, 3.63) is 59.7 Å². The Kier molecular flexibility index (Phi) is 6.16. The highest BCUT2D eigenvalue weighted by Gasteiger charge is 2.28. The SMILES string of the molecule is [B]c1nc(C#C)c(O)c(OC)c1-c1c(-c2ccc(Oc3nccc(C)n3)c(F)c2)c2c(C)ncnc2n1C. The largest absolute Gasteiger partial charge is 0.502 e. The van der Waals surface area contributed by atoms with E-state index >= 15 is 4.39 Å². The molecule has 0 amide bonds. The Labute approximate surface area is 218 Å². The third kappa shape index (κ3) is 3.96. The Balaban J connectivity index is 1.78. The van der Waals surface area contributed by atoms with Crippen LogP contribution in [-0.4, -0.2) is 49.5 Å². The number of rotatable bonds is 5. The number of terminal acetylenes is 1. The fourth-order valence-electron chi connectivity index (χ4n) is 4.39. The molecule has 186 valence electrons. The number of benzene rings is 1. The summed E-state index contributed by atoms with van der Waals surface area (Å²) in [6.45, 7) is 3.60. The normalized spacial score (nSPS) is 10.9. The molecule has 0 atom stereocenters. The quantitative estimate of drug-likeness (QED) is 0.285. The maximum atomic E-state index is 15.4. The average molecular weight is 506 g/mol. The molecule has 0 fully saturated rings. The van der Waals surface area contributed by atoms with E-state index < -0.39 is 5.82 Å². The summed E-state index contributed by atoms with van der Waals surface area (Å²) < 4.78 is 28.3. The van der Waals surface area contributed by atoms with Crippen molar-refractivity contribution in [2.75, 3.05) is 7.11 Å². The molecule has 11 heteroatoms. The van der Waals surface area contributed by atoms with Crippen LogP contribution in [0, 0.1) is 32.0 Å². The molecular formula is C27H20BFN6O3. The molecule has 0 saturated carbocycles. The fourth-order valence-corrected chi connectivity index (χ4v) is 4.39. The van der Waals surface area contributed by atoms with Gasteiger partial charge in [-0.25, -0.2) is 24.3 Å². The zero-order chi connectivity index (χ0) is 27.1. The number of methoxy groups -OCH3 is 1. The van der Waals surface area contributed by atoms with Crippen molar-refractivity contribution in [2.45, 2.75) is 13.8 Å². The molecule has 0 aliphatic carbocycles. The van der Waals surface area contributed by atoms with Crippen LogP contribution in [0.25, 0.3) is 33.4 Å². The number of pyridine rings is 1. The molecule has 0 bridgehead atoms. The smallest absolute Gasteiger partial charge is 0.322 e. The molecule has 0 saturated heterocycles. The van der Waals surface area contributed by atoms with Crippen LogP contribution in [0.4, 0.5) is 4.39 Å². The Morgan fingerprint density at radius 3 is 2.58 bits per heavy atom. The van der Waals surface area contributed by atoms with Gasteiger partial charge in [-0.1, -0.05) is 6.07 Å². The zero-order valence-electron chi connectivity index (χ0n) is 20.9. The maximum absolute atomic E-state index is 15.4. The van der Waals surface area contributed by atoms with Crippen LogP contribution in [0.2, 0.25) is 0 Å². The number of nitrogens with zero attached hydrogens (tertiary/aromatic N) is 6. The van der Waals surface area contributed by atoms with E-state index in [0.29, 0.717) is 39.2 Å². The molecular weight excluding hydrogens is 486 g/mol. The van der Waals surface area contributed by atoms with Crippen molar-refractivity contribution in [1.82, 2.24) is 29.5 Å². The fraction of sp³-hybridized carbons (Fsp3) is 0.148. The van der Waals surface area contributed by atoms with Crippen LogP contribution in [-0.2, 0) is 7.05 Å². The zero-order valence-corrected chi connectivity index (χ0v) is 20.9. The number of fused-ring (bicyclic) bond motifs is 1. The predicted octanol–water partition coefficient (Wildman–Crippen LogP) is 3.52. The molecule has 0 unspecified atom stereocenters. The molecule has 1 N–H and O–H groups in total. The highest BCUT2D eigenvalue weighted by atomic mass is 19.1. The van der Waals surface area contributed by atoms with Gasteiger partial charge in [0.25, 0.3) is 0 Å². The lowest BCUT2D eigenvalue weighted by Crippen LogP contribution is -2.17. The molecule has 0 aliphatic rings. The predicted molar refractivity (Wildman–Crippen MR) is 140 cm³/mol. The maximum Gasteiger partial charge on any atom is 0.322 e. The first-order chi connectivity index (χ1) is 18.2. The van der Waals surface area contributed by atoms with Crippen molar-refractivity contribution < 1.29 is 19.0 Å². The summed E-state index contributed by atoms with van der Waals surface area (Å²) in [5.74, 6) is 1.29. The van der Waals surface area contributed by atoms with E-state index in [2.05, 4.69) is 30.8 Å². The second kappa shape index (κ2) is 9.48. The summed E-state index contributed by atoms with van der Waals surface area (Å²) in [5.41, 5.74) is 3.61. The molecule has 1 aromatic carbocycles. The summed E-state index contributed by atoms with van der Waals surface area (Å²) in [6, 6.07) is 6.23. The molecule has 4 heterocycles. The van der Waals surface area contributed by atoms with Crippen LogP contribution in [0.5, 0.6) is 23.3 Å². The van der Waals surface area contributed by atoms with E-state index in [1.54, 1.807) is 30.7 Å². The number of aromatic nitrogens is 6. The summed E-state index contributed by atoms with van der Waals surface area (Å²) in [4.78, 5) is 21.1. The van der Waals surface area contributed by atoms with Gasteiger partial charge in [0.2, 0.25) is 0 Å². The van der Waals surface area contributed by atoms with E-state index in [0.717, 1.165) is 0 Å². The Bertz CT molecular complexity index is 1780. The molecule has 9 nitrogen and oxygen atoms in total. The van der Waals surface area contributed by atoms with Crippen LogP contribution >= 0.6 is 0 Å². The van der Waals surface area contributed by atoms with Crippen molar-refractivity contribution in [2.24, 2.45) is 7.05 Å². The molecule has 2 radical (unpaired) electrons. The van der Waals surface area contributed by atoms with E-state index in [1.807, 2.05) is 6.92 Å². The van der Waals surface area contributed by atoms with Gasteiger partial charge >= 0.3 is 6.01 Å². The number of aromatic hydroxyl groups is 1. The Hall–Kier alpha value is -4.98. The van der Waals surface area contributed by atoms with Gasteiger partial charge in [0, 0.05) is 35.5 Å². The van der Waals surface area contributed by atoms with Gasteiger partial charge in [-0.15, -0.1) is 6.42 Å². The van der Waals surface area contributed by atoms with E-state index in [-0.39, 0.29) is 40.1 Å². The Morgan fingerprint density at radius 2 is 1.89 bits per heavy atom. The molecule has 0 spiro atoms. The van der Waals surface area contributed by atoms with Crippen molar-refractivity contribution >= 4 is 24.5 Å².